The summed E-state index contributed by atoms with van der Waals surface area (Å²) in [6.07, 6.45) is 2.70. The van der Waals surface area contributed by atoms with Crippen LogP contribution in [0.3, 0.4) is 0 Å². The highest BCUT2D eigenvalue weighted by molar-refractivity contribution is 7.93. The van der Waals surface area contributed by atoms with Gasteiger partial charge in [0.2, 0.25) is 10.0 Å². The Kier molecular flexibility index (Phi) is 3.50. The maximum atomic E-state index is 12.3. The van der Waals surface area contributed by atoms with Crippen LogP contribution in [0, 0.1) is 5.92 Å². The van der Waals surface area contributed by atoms with E-state index in [4.69, 9.17) is 0 Å². The molecule has 0 unspecified atom stereocenters. The van der Waals surface area contributed by atoms with Gasteiger partial charge in [0.05, 0.1) is 24.5 Å². The number of aliphatic hydroxyl groups is 1. The first-order valence-electron chi connectivity index (χ1n) is 8.26. The van der Waals surface area contributed by atoms with Gasteiger partial charge in [0.25, 0.3) is 0 Å². The molecule has 0 spiro atoms. The van der Waals surface area contributed by atoms with Gasteiger partial charge in [-0.05, 0) is 43.4 Å². The van der Waals surface area contributed by atoms with Gasteiger partial charge in [-0.1, -0.05) is 6.07 Å². The average molecular weight is 351 g/mol. The highest BCUT2D eigenvalue weighted by atomic mass is 32.2. The van der Waals surface area contributed by atoms with Crippen molar-refractivity contribution in [3.63, 3.8) is 0 Å². The van der Waals surface area contributed by atoms with Gasteiger partial charge in [0.15, 0.2) is 0 Å². The summed E-state index contributed by atoms with van der Waals surface area (Å²) in [6, 6.07) is 6.61. The summed E-state index contributed by atoms with van der Waals surface area (Å²) in [7, 11) is -3.24. The Morgan fingerprint density at radius 3 is 2.67 bits per heavy atom. The first-order valence-corrected chi connectivity index (χ1v) is 9.87. The van der Waals surface area contributed by atoms with E-state index in [0.29, 0.717) is 43.3 Å². The third-order valence-corrected chi connectivity index (χ3v) is 6.91. The van der Waals surface area contributed by atoms with E-state index in [1.165, 1.54) is 4.31 Å². The van der Waals surface area contributed by atoms with Crippen molar-refractivity contribution >= 4 is 27.4 Å². The molecular weight excluding hydrogens is 330 g/mol. The van der Waals surface area contributed by atoms with Crippen molar-refractivity contribution in [3.05, 3.63) is 24.3 Å². The number of carbonyl (C=O) groups excluding carboxylic acids is 1. The number of urea groups is 1. The Bertz CT molecular complexity index is 769. The fourth-order valence-electron chi connectivity index (χ4n) is 3.51. The number of β-amino-alcohol motifs (C(OH)–C–C–N with tert-alkyl or cyclic N) is 1. The van der Waals surface area contributed by atoms with E-state index < -0.39 is 15.6 Å². The largest absolute Gasteiger partial charge is 0.386 e. The van der Waals surface area contributed by atoms with Crippen molar-refractivity contribution in [1.29, 1.82) is 0 Å². The van der Waals surface area contributed by atoms with Gasteiger partial charge in [-0.15, -0.1) is 0 Å². The molecule has 2 amide bonds. The third-order valence-electron chi connectivity index (χ3n) is 5.04. The second kappa shape index (κ2) is 5.35. The van der Waals surface area contributed by atoms with E-state index in [0.717, 1.165) is 12.8 Å². The topological polar surface area (TPSA) is 90.0 Å². The first kappa shape index (κ1) is 15.7. The molecule has 1 aliphatic carbocycles. The summed E-state index contributed by atoms with van der Waals surface area (Å²) in [4.78, 5) is 13.8. The van der Waals surface area contributed by atoms with Crippen LogP contribution in [0.1, 0.15) is 19.3 Å². The Balaban J connectivity index is 1.42. The zero-order valence-electron chi connectivity index (χ0n) is 13.3. The lowest BCUT2D eigenvalue weighted by Gasteiger charge is -2.46. The summed E-state index contributed by atoms with van der Waals surface area (Å²) < 4.78 is 25.4. The number of nitrogens with zero attached hydrogens (tertiary/aromatic N) is 2. The minimum Gasteiger partial charge on any atom is -0.386 e. The molecular formula is C16H21N3O4S. The summed E-state index contributed by atoms with van der Waals surface area (Å²) in [5.41, 5.74) is 0.424. The molecule has 2 heterocycles. The van der Waals surface area contributed by atoms with Crippen LogP contribution in [0.5, 0.6) is 0 Å². The van der Waals surface area contributed by atoms with Crippen molar-refractivity contribution < 1.29 is 18.3 Å². The van der Waals surface area contributed by atoms with Crippen LogP contribution >= 0.6 is 0 Å². The number of hydrogen-bond acceptors (Lipinski definition) is 4. The standard InChI is InChI=1S/C16H21N3O4S/c20-15(18-10-16(21,11-18)12-5-6-12)17-13-3-1-4-14(9-13)19-7-2-8-24(19,22)23/h1,3-4,9,12,21H,2,5-8,10-11H2,(H,17,20). The quantitative estimate of drug-likeness (QED) is 0.857. The molecule has 2 N–H and O–H groups in total. The zero-order valence-corrected chi connectivity index (χ0v) is 14.1. The Morgan fingerprint density at radius 1 is 1.29 bits per heavy atom. The number of hydrogen-bond donors (Lipinski definition) is 2. The summed E-state index contributed by atoms with van der Waals surface area (Å²) >= 11 is 0. The Hall–Kier alpha value is -1.80. The molecule has 130 valence electrons. The summed E-state index contributed by atoms with van der Waals surface area (Å²) in [5, 5.41) is 13.1. The molecule has 0 atom stereocenters. The van der Waals surface area contributed by atoms with Gasteiger partial charge >= 0.3 is 6.03 Å². The number of likely N-dealkylation sites (tertiary alicyclic amines) is 1. The predicted molar refractivity (Wildman–Crippen MR) is 90.5 cm³/mol. The molecule has 0 radical (unpaired) electrons. The van der Waals surface area contributed by atoms with Crippen molar-refractivity contribution in [3.8, 4) is 0 Å². The normalized spacial score (nSPS) is 24.5. The van der Waals surface area contributed by atoms with E-state index in [-0.39, 0.29) is 11.8 Å². The fraction of sp³-hybridized carbons (Fsp3) is 0.562. The van der Waals surface area contributed by atoms with E-state index >= 15 is 0 Å². The number of nitrogens with one attached hydrogen (secondary N) is 1. The Morgan fingerprint density at radius 2 is 2.04 bits per heavy atom. The van der Waals surface area contributed by atoms with Gasteiger partial charge in [-0.2, -0.15) is 0 Å². The minimum atomic E-state index is -3.24. The van der Waals surface area contributed by atoms with E-state index in [1.54, 1.807) is 29.2 Å². The van der Waals surface area contributed by atoms with E-state index in [1.807, 2.05) is 0 Å². The molecule has 3 fully saturated rings. The van der Waals surface area contributed by atoms with Gasteiger partial charge in [0, 0.05) is 12.2 Å². The second-order valence-electron chi connectivity index (χ2n) is 6.96. The number of anilines is 2. The summed E-state index contributed by atoms with van der Waals surface area (Å²) in [6.45, 7) is 1.20. The maximum absolute atomic E-state index is 12.3. The van der Waals surface area contributed by atoms with Crippen LogP contribution in [0.4, 0.5) is 16.2 Å². The van der Waals surface area contributed by atoms with Crippen LogP contribution in [0.15, 0.2) is 24.3 Å². The molecule has 24 heavy (non-hydrogen) atoms. The van der Waals surface area contributed by atoms with Gasteiger partial charge in [-0.25, -0.2) is 13.2 Å². The van der Waals surface area contributed by atoms with Gasteiger partial charge < -0.3 is 15.3 Å². The van der Waals surface area contributed by atoms with Crippen LogP contribution in [-0.4, -0.2) is 55.4 Å². The molecule has 3 aliphatic rings. The first-order chi connectivity index (χ1) is 11.4. The molecule has 2 aliphatic heterocycles. The molecule has 8 heteroatoms. The number of benzene rings is 1. The lowest BCUT2D eigenvalue weighted by molar-refractivity contribution is -0.0897. The smallest absolute Gasteiger partial charge is 0.322 e. The number of carbonyl (C=O) groups is 1. The van der Waals surface area contributed by atoms with E-state index in [2.05, 4.69) is 5.32 Å². The predicted octanol–water partition coefficient (Wildman–Crippen LogP) is 1.22. The monoisotopic (exact) mass is 351 g/mol. The van der Waals surface area contributed by atoms with Crippen LogP contribution in [0.2, 0.25) is 0 Å². The second-order valence-corrected chi connectivity index (χ2v) is 8.97. The SMILES string of the molecule is O=C(Nc1cccc(N2CCCS2(=O)=O)c1)N1CC(O)(C2CC2)C1. The maximum Gasteiger partial charge on any atom is 0.322 e. The lowest BCUT2D eigenvalue weighted by atomic mass is 9.89. The number of rotatable bonds is 3. The number of amides is 2. The molecule has 4 rings (SSSR count). The number of sulfonamides is 1. The molecule has 1 aromatic rings. The minimum absolute atomic E-state index is 0.164. The highest BCUT2D eigenvalue weighted by Crippen LogP contribution is 2.44. The molecule has 1 aromatic carbocycles. The Labute approximate surface area is 141 Å². The van der Waals surface area contributed by atoms with Crippen LogP contribution in [-0.2, 0) is 10.0 Å². The van der Waals surface area contributed by atoms with Crippen molar-refractivity contribution in [2.45, 2.75) is 24.9 Å². The highest BCUT2D eigenvalue weighted by Gasteiger charge is 2.53. The van der Waals surface area contributed by atoms with Gasteiger partial charge in [0.1, 0.15) is 5.60 Å². The van der Waals surface area contributed by atoms with Gasteiger partial charge in [-0.3, -0.25) is 4.31 Å². The third kappa shape index (κ3) is 2.73. The summed E-state index contributed by atoms with van der Waals surface area (Å²) in [5.74, 6) is 0.502. The molecule has 7 nitrogen and oxygen atoms in total. The van der Waals surface area contributed by atoms with Crippen LogP contribution < -0.4 is 9.62 Å². The van der Waals surface area contributed by atoms with Crippen molar-refractivity contribution in [1.82, 2.24) is 4.90 Å². The zero-order chi connectivity index (χ0) is 16.9. The average Bonchev–Trinajstić information content (AvgIpc) is 3.28. The van der Waals surface area contributed by atoms with Crippen molar-refractivity contribution in [2.75, 3.05) is 35.0 Å². The van der Waals surface area contributed by atoms with Crippen LogP contribution in [0.25, 0.3) is 0 Å². The molecule has 2 saturated heterocycles. The molecule has 1 saturated carbocycles. The van der Waals surface area contributed by atoms with E-state index in [9.17, 15) is 18.3 Å². The fourth-order valence-corrected chi connectivity index (χ4v) is 5.06. The molecule has 0 bridgehead atoms. The lowest BCUT2D eigenvalue weighted by Crippen LogP contribution is -2.65. The van der Waals surface area contributed by atoms with Crippen molar-refractivity contribution in [2.24, 2.45) is 5.92 Å². The molecule has 0 aromatic heterocycles.